The van der Waals surface area contributed by atoms with E-state index in [1.165, 1.54) is 24.1 Å². The molecule has 1 unspecified atom stereocenters. The molecule has 2 heteroatoms. The van der Waals surface area contributed by atoms with E-state index in [0.29, 0.717) is 0 Å². The Morgan fingerprint density at radius 2 is 2.08 bits per heavy atom. The smallest absolute Gasteiger partial charge is 0.0887 e. The molecule has 2 atom stereocenters. The SMILES string of the molecule is CC1(C)C(=S=O)[C@]2(C)CCC1C2. The number of hydrogen-bond donors (Lipinski definition) is 0. The van der Waals surface area contributed by atoms with E-state index < -0.39 is 0 Å². The quantitative estimate of drug-likeness (QED) is 0.528. The topological polar surface area (TPSA) is 17.1 Å². The minimum absolute atomic E-state index is 0.208. The van der Waals surface area contributed by atoms with Crippen molar-refractivity contribution in [3.63, 3.8) is 0 Å². The molecule has 0 aromatic rings. The first kappa shape index (κ1) is 8.49. The monoisotopic (exact) mass is 184 g/mol. The van der Waals surface area contributed by atoms with Crippen LogP contribution in [0.15, 0.2) is 0 Å². The summed E-state index contributed by atoms with van der Waals surface area (Å²) in [5.74, 6) is 0.777. The normalized spacial score (nSPS) is 43.6. The Balaban J connectivity index is 2.52. The molecule has 68 valence electrons. The summed E-state index contributed by atoms with van der Waals surface area (Å²) >= 11 is 0.768. The van der Waals surface area contributed by atoms with Gasteiger partial charge in [0.25, 0.3) is 0 Å². The minimum atomic E-state index is 0.208. The average Bonchev–Trinajstić information content (AvgIpc) is 2.39. The third kappa shape index (κ3) is 0.819. The van der Waals surface area contributed by atoms with E-state index in [1.54, 1.807) is 0 Å². The van der Waals surface area contributed by atoms with Gasteiger partial charge in [0.15, 0.2) is 0 Å². The fourth-order valence-corrected chi connectivity index (χ4v) is 4.00. The lowest BCUT2D eigenvalue weighted by Gasteiger charge is -2.33. The van der Waals surface area contributed by atoms with Crippen LogP contribution in [0.25, 0.3) is 0 Å². The highest BCUT2D eigenvalue weighted by Gasteiger charge is 2.56. The van der Waals surface area contributed by atoms with Gasteiger partial charge in [-0.05, 0) is 25.2 Å². The molecule has 0 spiro atoms. The molecule has 0 N–H and O–H groups in total. The molecule has 12 heavy (non-hydrogen) atoms. The van der Waals surface area contributed by atoms with Crippen LogP contribution in [0.5, 0.6) is 0 Å². The van der Waals surface area contributed by atoms with Crippen LogP contribution in [0.1, 0.15) is 40.0 Å². The maximum absolute atomic E-state index is 11.0. The van der Waals surface area contributed by atoms with Crippen molar-refractivity contribution in [3.8, 4) is 0 Å². The van der Waals surface area contributed by atoms with Crippen molar-refractivity contribution in [2.75, 3.05) is 0 Å². The summed E-state index contributed by atoms with van der Waals surface area (Å²) in [5.41, 5.74) is 0.486. The summed E-state index contributed by atoms with van der Waals surface area (Å²) in [7, 11) is 0. The molecule has 2 bridgehead atoms. The molecular formula is C10H16OS. The van der Waals surface area contributed by atoms with Crippen molar-refractivity contribution < 1.29 is 4.21 Å². The van der Waals surface area contributed by atoms with E-state index in [0.717, 1.165) is 17.2 Å². The van der Waals surface area contributed by atoms with Gasteiger partial charge in [0.1, 0.15) is 0 Å². The lowest BCUT2D eigenvalue weighted by molar-refractivity contribution is 0.337. The van der Waals surface area contributed by atoms with Crippen molar-refractivity contribution >= 4 is 16.1 Å². The maximum Gasteiger partial charge on any atom is 0.0887 e. The Bertz CT molecular complexity index is 269. The van der Waals surface area contributed by atoms with Crippen molar-refractivity contribution in [2.24, 2.45) is 16.7 Å². The fraction of sp³-hybridized carbons (Fsp3) is 0.900. The molecule has 2 aliphatic carbocycles. The Morgan fingerprint density at radius 3 is 2.42 bits per heavy atom. The second-order valence-corrected chi connectivity index (χ2v) is 5.71. The van der Waals surface area contributed by atoms with Crippen molar-refractivity contribution in [3.05, 3.63) is 0 Å². The van der Waals surface area contributed by atoms with Crippen molar-refractivity contribution in [2.45, 2.75) is 40.0 Å². The van der Waals surface area contributed by atoms with Gasteiger partial charge >= 0.3 is 0 Å². The summed E-state index contributed by atoms with van der Waals surface area (Å²) in [4.78, 5) is 1.21. The lowest BCUT2D eigenvalue weighted by Crippen LogP contribution is -2.35. The molecule has 0 aromatic carbocycles. The lowest BCUT2D eigenvalue weighted by atomic mass is 9.73. The van der Waals surface area contributed by atoms with Gasteiger partial charge in [-0.1, -0.05) is 20.8 Å². The van der Waals surface area contributed by atoms with Crippen molar-refractivity contribution in [1.82, 2.24) is 0 Å². The zero-order chi connectivity index (χ0) is 8.98. The Kier molecular flexibility index (Phi) is 1.57. The number of rotatable bonds is 0. The molecule has 0 radical (unpaired) electrons. The summed E-state index contributed by atoms with van der Waals surface area (Å²) in [6.45, 7) is 6.74. The second kappa shape index (κ2) is 2.22. The van der Waals surface area contributed by atoms with Gasteiger partial charge in [0.05, 0.1) is 11.3 Å². The van der Waals surface area contributed by atoms with Crippen LogP contribution in [-0.2, 0) is 11.3 Å². The van der Waals surface area contributed by atoms with Crippen LogP contribution in [0.2, 0.25) is 0 Å². The fourth-order valence-electron chi connectivity index (χ4n) is 3.23. The van der Waals surface area contributed by atoms with Crippen LogP contribution in [0, 0.1) is 16.7 Å². The van der Waals surface area contributed by atoms with Gasteiger partial charge in [-0.2, -0.15) is 0 Å². The minimum Gasteiger partial charge on any atom is -0.212 e. The number of fused-ring (bicyclic) bond motifs is 2. The summed E-state index contributed by atoms with van der Waals surface area (Å²) < 4.78 is 11.0. The predicted octanol–water partition coefficient (Wildman–Crippen LogP) is 2.22. The summed E-state index contributed by atoms with van der Waals surface area (Å²) in [6.07, 6.45) is 3.82. The first-order valence-corrected chi connectivity index (χ1v) is 5.42. The van der Waals surface area contributed by atoms with Gasteiger partial charge in [-0.15, -0.1) is 0 Å². The Labute approximate surface area is 77.6 Å². The van der Waals surface area contributed by atoms with E-state index in [-0.39, 0.29) is 10.8 Å². The van der Waals surface area contributed by atoms with E-state index in [9.17, 15) is 4.21 Å². The highest BCUT2D eigenvalue weighted by Crippen LogP contribution is 2.59. The van der Waals surface area contributed by atoms with Gasteiger partial charge in [-0.25, -0.2) is 4.21 Å². The van der Waals surface area contributed by atoms with Gasteiger partial charge in [0, 0.05) is 15.7 Å². The molecule has 2 saturated carbocycles. The highest BCUT2D eigenvalue weighted by molar-refractivity contribution is 7.66. The average molecular weight is 184 g/mol. The largest absolute Gasteiger partial charge is 0.212 e. The van der Waals surface area contributed by atoms with E-state index >= 15 is 0 Å². The van der Waals surface area contributed by atoms with Gasteiger partial charge < -0.3 is 0 Å². The highest BCUT2D eigenvalue weighted by atomic mass is 32.1. The second-order valence-electron chi connectivity index (χ2n) is 5.13. The van der Waals surface area contributed by atoms with E-state index in [4.69, 9.17) is 0 Å². The van der Waals surface area contributed by atoms with E-state index in [1.807, 2.05) is 0 Å². The summed E-state index contributed by atoms with van der Waals surface area (Å²) in [5, 5.41) is 0. The van der Waals surface area contributed by atoms with Crippen molar-refractivity contribution in [1.29, 1.82) is 0 Å². The third-order valence-corrected chi connectivity index (χ3v) is 5.16. The Hall–Kier alpha value is -0.110. The molecule has 2 aliphatic rings. The Morgan fingerprint density at radius 1 is 1.42 bits per heavy atom. The zero-order valence-corrected chi connectivity index (χ0v) is 8.83. The van der Waals surface area contributed by atoms with Crippen LogP contribution in [-0.4, -0.2) is 9.07 Å². The number of hydrogen-bond acceptors (Lipinski definition) is 1. The predicted molar refractivity (Wildman–Crippen MR) is 52.4 cm³/mol. The molecule has 2 fully saturated rings. The maximum atomic E-state index is 11.0. The molecule has 0 amide bonds. The van der Waals surface area contributed by atoms with Gasteiger partial charge in [-0.3, -0.25) is 0 Å². The van der Waals surface area contributed by atoms with Crippen LogP contribution in [0.4, 0.5) is 0 Å². The van der Waals surface area contributed by atoms with E-state index in [2.05, 4.69) is 20.8 Å². The van der Waals surface area contributed by atoms with Crippen LogP contribution in [0.3, 0.4) is 0 Å². The van der Waals surface area contributed by atoms with Crippen LogP contribution >= 0.6 is 0 Å². The molecule has 1 nitrogen and oxygen atoms in total. The third-order valence-electron chi connectivity index (χ3n) is 3.98. The molecule has 0 aliphatic heterocycles. The molecular weight excluding hydrogens is 168 g/mol. The zero-order valence-electron chi connectivity index (χ0n) is 8.02. The summed E-state index contributed by atoms with van der Waals surface area (Å²) in [6, 6.07) is 0. The molecule has 0 aromatic heterocycles. The molecule has 0 heterocycles. The van der Waals surface area contributed by atoms with Gasteiger partial charge in [0.2, 0.25) is 0 Å². The van der Waals surface area contributed by atoms with Crippen LogP contribution < -0.4 is 0 Å². The first-order valence-electron chi connectivity index (χ1n) is 4.68. The standard InChI is InChI=1S/C10H16OS/c1-9(2)7-4-5-10(3,6-7)8(9)12-11/h7H,4-6H2,1-3H3/t7?,10-/m1/s1. The first-order chi connectivity index (χ1) is 5.50. The molecule has 2 rings (SSSR count). The molecule has 0 saturated heterocycles.